The molecule has 1 aromatic rings. The Morgan fingerprint density at radius 1 is 1.53 bits per heavy atom. The van der Waals surface area contributed by atoms with Gasteiger partial charge in [0, 0.05) is 17.7 Å². The van der Waals surface area contributed by atoms with Crippen LogP contribution in [0.1, 0.15) is 29.6 Å². The van der Waals surface area contributed by atoms with Gasteiger partial charge in [0.15, 0.2) is 5.78 Å². The molecule has 1 aromatic carbocycles. The van der Waals surface area contributed by atoms with Crippen LogP contribution in [-0.2, 0) is 0 Å². The van der Waals surface area contributed by atoms with E-state index in [2.05, 4.69) is 6.58 Å². The van der Waals surface area contributed by atoms with Crippen molar-refractivity contribution in [2.45, 2.75) is 19.3 Å². The predicted molar refractivity (Wildman–Crippen MR) is 59.2 cm³/mol. The largest absolute Gasteiger partial charge is 0.398 e. The van der Waals surface area contributed by atoms with Crippen molar-refractivity contribution in [3.63, 3.8) is 0 Å². The third-order valence-electron chi connectivity index (χ3n) is 2.13. The van der Waals surface area contributed by atoms with Gasteiger partial charge in [-0.2, -0.15) is 0 Å². The van der Waals surface area contributed by atoms with Crippen LogP contribution in [0.4, 0.5) is 10.1 Å². The second-order valence-electron chi connectivity index (χ2n) is 3.34. The summed E-state index contributed by atoms with van der Waals surface area (Å²) in [7, 11) is 0. The van der Waals surface area contributed by atoms with Gasteiger partial charge in [-0.25, -0.2) is 4.39 Å². The highest BCUT2D eigenvalue weighted by atomic mass is 19.1. The van der Waals surface area contributed by atoms with Crippen LogP contribution in [0.2, 0.25) is 0 Å². The molecule has 2 nitrogen and oxygen atoms in total. The molecule has 0 spiro atoms. The van der Waals surface area contributed by atoms with E-state index in [9.17, 15) is 9.18 Å². The molecule has 0 fully saturated rings. The molecule has 0 aliphatic rings. The highest BCUT2D eigenvalue weighted by molar-refractivity contribution is 6.00. The standard InChI is InChI=1S/C12H14FNO/c1-2-3-4-5-12(15)10-8-9(13)6-7-11(10)14/h2,6-8H,1,3-5,14H2. The molecule has 80 valence electrons. The summed E-state index contributed by atoms with van der Waals surface area (Å²) in [6, 6.07) is 3.84. The summed E-state index contributed by atoms with van der Waals surface area (Å²) in [4.78, 5) is 11.6. The van der Waals surface area contributed by atoms with Crippen molar-refractivity contribution in [3.05, 3.63) is 42.2 Å². The van der Waals surface area contributed by atoms with E-state index in [-0.39, 0.29) is 11.3 Å². The number of unbranched alkanes of at least 4 members (excludes halogenated alkanes) is 1. The summed E-state index contributed by atoms with van der Waals surface area (Å²) in [6.45, 7) is 3.57. The summed E-state index contributed by atoms with van der Waals surface area (Å²) in [5.41, 5.74) is 6.20. The molecule has 0 aromatic heterocycles. The Balaban J connectivity index is 2.72. The third-order valence-corrected chi connectivity index (χ3v) is 2.13. The first-order chi connectivity index (χ1) is 7.15. The Morgan fingerprint density at radius 3 is 2.93 bits per heavy atom. The fraction of sp³-hybridized carbons (Fsp3) is 0.250. The number of benzene rings is 1. The zero-order valence-corrected chi connectivity index (χ0v) is 8.50. The summed E-state index contributed by atoms with van der Waals surface area (Å²) < 4.78 is 12.9. The van der Waals surface area contributed by atoms with Crippen molar-refractivity contribution in [3.8, 4) is 0 Å². The molecule has 0 saturated carbocycles. The summed E-state index contributed by atoms with van der Waals surface area (Å²) in [5.74, 6) is -0.551. The number of allylic oxidation sites excluding steroid dienone is 1. The highest BCUT2D eigenvalue weighted by Gasteiger charge is 2.09. The molecule has 0 unspecified atom stereocenters. The molecule has 0 saturated heterocycles. The fourth-order valence-electron chi connectivity index (χ4n) is 1.31. The number of hydrogen-bond acceptors (Lipinski definition) is 2. The van der Waals surface area contributed by atoms with Gasteiger partial charge in [0.25, 0.3) is 0 Å². The molecule has 0 bridgehead atoms. The number of anilines is 1. The average Bonchev–Trinajstić information content (AvgIpc) is 2.22. The first-order valence-corrected chi connectivity index (χ1v) is 4.84. The molecule has 15 heavy (non-hydrogen) atoms. The normalized spacial score (nSPS) is 9.93. The molecule has 1 rings (SSSR count). The van der Waals surface area contributed by atoms with E-state index in [0.717, 1.165) is 12.8 Å². The van der Waals surface area contributed by atoms with E-state index >= 15 is 0 Å². The van der Waals surface area contributed by atoms with Crippen LogP contribution in [0.3, 0.4) is 0 Å². The van der Waals surface area contributed by atoms with Crippen molar-refractivity contribution in [1.82, 2.24) is 0 Å². The number of carbonyl (C=O) groups is 1. The highest BCUT2D eigenvalue weighted by Crippen LogP contribution is 2.16. The van der Waals surface area contributed by atoms with Crippen LogP contribution in [0.5, 0.6) is 0 Å². The number of nitrogen functional groups attached to an aromatic ring is 1. The van der Waals surface area contributed by atoms with Crippen LogP contribution >= 0.6 is 0 Å². The maximum atomic E-state index is 12.9. The van der Waals surface area contributed by atoms with Crippen molar-refractivity contribution in [2.24, 2.45) is 0 Å². The first-order valence-electron chi connectivity index (χ1n) is 4.84. The number of Topliss-reactive ketones (excluding diaryl/α,β-unsaturated/α-hetero) is 1. The molecule has 3 heteroatoms. The molecule has 0 atom stereocenters. The third kappa shape index (κ3) is 3.20. The molecular formula is C12H14FNO. The lowest BCUT2D eigenvalue weighted by atomic mass is 10.0. The van der Waals surface area contributed by atoms with Gasteiger partial charge in [-0.1, -0.05) is 6.08 Å². The van der Waals surface area contributed by atoms with Crippen LogP contribution in [0.15, 0.2) is 30.9 Å². The Hall–Kier alpha value is -1.64. The summed E-state index contributed by atoms with van der Waals surface area (Å²) in [5, 5.41) is 0. The molecule has 2 N–H and O–H groups in total. The lowest BCUT2D eigenvalue weighted by molar-refractivity contribution is 0.0981. The minimum atomic E-state index is -0.434. The van der Waals surface area contributed by atoms with Crippen LogP contribution in [0, 0.1) is 5.82 Å². The van der Waals surface area contributed by atoms with E-state index < -0.39 is 5.82 Å². The molecule has 0 aliphatic heterocycles. The number of rotatable bonds is 5. The van der Waals surface area contributed by atoms with Gasteiger partial charge in [0.05, 0.1) is 0 Å². The lowest BCUT2D eigenvalue weighted by Gasteiger charge is -2.04. The van der Waals surface area contributed by atoms with Gasteiger partial charge in [-0.3, -0.25) is 4.79 Å². The molecule has 0 aliphatic carbocycles. The van der Waals surface area contributed by atoms with Gasteiger partial charge in [0.1, 0.15) is 5.82 Å². The van der Waals surface area contributed by atoms with Crippen LogP contribution < -0.4 is 5.73 Å². The van der Waals surface area contributed by atoms with Crippen molar-refractivity contribution >= 4 is 11.5 Å². The van der Waals surface area contributed by atoms with E-state index in [1.54, 1.807) is 6.08 Å². The summed E-state index contributed by atoms with van der Waals surface area (Å²) in [6.07, 6.45) is 3.63. The van der Waals surface area contributed by atoms with Crippen molar-refractivity contribution < 1.29 is 9.18 Å². The topological polar surface area (TPSA) is 43.1 Å². The van der Waals surface area contributed by atoms with Crippen molar-refractivity contribution in [2.75, 3.05) is 5.73 Å². The second-order valence-corrected chi connectivity index (χ2v) is 3.34. The maximum Gasteiger partial charge on any atom is 0.165 e. The summed E-state index contributed by atoms with van der Waals surface area (Å²) >= 11 is 0. The van der Waals surface area contributed by atoms with Crippen LogP contribution in [-0.4, -0.2) is 5.78 Å². The molecule has 0 radical (unpaired) electrons. The van der Waals surface area contributed by atoms with Gasteiger partial charge < -0.3 is 5.73 Å². The van der Waals surface area contributed by atoms with Gasteiger partial charge in [-0.05, 0) is 31.0 Å². The number of hydrogen-bond donors (Lipinski definition) is 1. The molecule has 0 amide bonds. The number of nitrogens with two attached hydrogens (primary N) is 1. The smallest absolute Gasteiger partial charge is 0.165 e. The van der Waals surface area contributed by atoms with Gasteiger partial charge in [0.2, 0.25) is 0 Å². The van der Waals surface area contributed by atoms with Crippen LogP contribution in [0.25, 0.3) is 0 Å². The zero-order chi connectivity index (χ0) is 11.3. The van der Waals surface area contributed by atoms with E-state index in [1.165, 1.54) is 18.2 Å². The van der Waals surface area contributed by atoms with E-state index in [4.69, 9.17) is 5.73 Å². The Morgan fingerprint density at radius 2 is 2.27 bits per heavy atom. The second kappa shape index (κ2) is 5.29. The fourth-order valence-corrected chi connectivity index (χ4v) is 1.31. The zero-order valence-electron chi connectivity index (χ0n) is 8.50. The quantitative estimate of drug-likeness (QED) is 0.349. The van der Waals surface area contributed by atoms with E-state index in [0.29, 0.717) is 12.1 Å². The van der Waals surface area contributed by atoms with Crippen molar-refractivity contribution in [1.29, 1.82) is 0 Å². The Kier molecular flexibility index (Phi) is 4.03. The minimum absolute atomic E-state index is 0.117. The predicted octanol–water partition coefficient (Wildman–Crippen LogP) is 2.95. The number of ketones is 1. The lowest BCUT2D eigenvalue weighted by Crippen LogP contribution is -2.04. The molecule has 0 heterocycles. The van der Waals surface area contributed by atoms with Gasteiger partial charge >= 0.3 is 0 Å². The first kappa shape index (κ1) is 11.4. The Labute approximate surface area is 88.6 Å². The number of halogens is 1. The Bertz CT molecular complexity index is 374. The van der Waals surface area contributed by atoms with Gasteiger partial charge in [-0.15, -0.1) is 6.58 Å². The minimum Gasteiger partial charge on any atom is -0.398 e. The molecular weight excluding hydrogens is 193 g/mol. The monoisotopic (exact) mass is 207 g/mol. The number of carbonyl (C=O) groups excluding carboxylic acids is 1. The average molecular weight is 207 g/mol. The van der Waals surface area contributed by atoms with E-state index in [1.807, 2.05) is 0 Å². The SMILES string of the molecule is C=CCCCC(=O)c1cc(F)ccc1N. The maximum absolute atomic E-state index is 12.9.